The van der Waals surface area contributed by atoms with E-state index in [0.29, 0.717) is 5.92 Å². The SMILES string of the molecule is C=CC=CC(=CC)C(C)c1ccccc1. The number of rotatable bonds is 4. The molecule has 15 heavy (non-hydrogen) atoms. The van der Waals surface area contributed by atoms with Crippen molar-refractivity contribution in [2.45, 2.75) is 19.8 Å². The van der Waals surface area contributed by atoms with Crippen LogP contribution in [0.2, 0.25) is 0 Å². The minimum atomic E-state index is 0.437. The predicted molar refractivity (Wildman–Crippen MR) is 68.0 cm³/mol. The highest BCUT2D eigenvalue weighted by Gasteiger charge is 2.06. The fraction of sp³-hybridized carbons (Fsp3) is 0.200. The third-order valence-electron chi connectivity index (χ3n) is 2.56. The van der Waals surface area contributed by atoms with Crippen LogP contribution in [0.5, 0.6) is 0 Å². The van der Waals surface area contributed by atoms with E-state index in [0.717, 1.165) is 0 Å². The van der Waals surface area contributed by atoms with E-state index in [1.807, 2.05) is 12.1 Å². The maximum absolute atomic E-state index is 3.68. The van der Waals surface area contributed by atoms with Crippen molar-refractivity contribution in [1.29, 1.82) is 0 Å². The Labute approximate surface area is 92.6 Å². The summed E-state index contributed by atoms with van der Waals surface area (Å²) in [5.41, 5.74) is 2.67. The highest BCUT2D eigenvalue weighted by molar-refractivity contribution is 5.34. The molecule has 0 heteroatoms. The molecule has 0 aromatic heterocycles. The molecule has 0 nitrogen and oxygen atoms in total. The monoisotopic (exact) mass is 198 g/mol. The first-order valence-electron chi connectivity index (χ1n) is 5.29. The summed E-state index contributed by atoms with van der Waals surface area (Å²) in [5.74, 6) is 0.437. The van der Waals surface area contributed by atoms with Crippen molar-refractivity contribution in [2.24, 2.45) is 0 Å². The van der Waals surface area contributed by atoms with Crippen molar-refractivity contribution in [3.8, 4) is 0 Å². The first kappa shape index (κ1) is 11.5. The van der Waals surface area contributed by atoms with E-state index in [2.05, 4.69) is 56.8 Å². The maximum atomic E-state index is 3.68. The average molecular weight is 198 g/mol. The maximum Gasteiger partial charge on any atom is 0.00577 e. The van der Waals surface area contributed by atoms with Crippen molar-refractivity contribution < 1.29 is 0 Å². The van der Waals surface area contributed by atoms with Crippen molar-refractivity contribution >= 4 is 0 Å². The van der Waals surface area contributed by atoms with Gasteiger partial charge in [-0.25, -0.2) is 0 Å². The molecule has 78 valence electrons. The largest absolute Gasteiger partial charge is 0.0991 e. The Kier molecular flexibility index (Phi) is 4.62. The van der Waals surface area contributed by atoms with E-state index in [1.54, 1.807) is 6.08 Å². The van der Waals surface area contributed by atoms with Gasteiger partial charge >= 0.3 is 0 Å². The van der Waals surface area contributed by atoms with Gasteiger partial charge in [-0.1, -0.05) is 68.1 Å². The van der Waals surface area contributed by atoms with Crippen molar-refractivity contribution in [2.75, 3.05) is 0 Å². The molecule has 0 saturated carbocycles. The Morgan fingerprint density at radius 1 is 1.27 bits per heavy atom. The molecule has 0 heterocycles. The third kappa shape index (κ3) is 3.25. The molecule has 0 spiro atoms. The van der Waals surface area contributed by atoms with Gasteiger partial charge in [0.15, 0.2) is 0 Å². The Balaban J connectivity index is 2.88. The van der Waals surface area contributed by atoms with Crippen LogP contribution in [-0.4, -0.2) is 0 Å². The number of hydrogen-bond donors (Lipinski definition) is 0. The lowest BCUT2D eigenvalue weighted by Crippen LogP contribution is -1.95. The zero-order valence-corrected chi connectivity index (χ0v) is 9.48. The molecule has 0 N–H and O–H groups in total. The molecule has 1 atom stereocenters. The molecule has 0 amide bonds. The number of allylic oxidation sites excluding steroid dienone is 5. The Morgan fingerprint density at radius 2 is 1.93 bits per heavy atom. The van der Waals surface area contributed by atoms with Gasteiger partial charge in [0.25, 0.3) is 0 Å². The van der Waals surface area contributed by atoms with E-state index >= 15 is 0 Å². The molecule has 0 fully saturated rings. The summed E-state index contributed by atoms with van der Waals surface area (Å²) < 4.78 is 0. The summed E-state index contributed by atoms with van der Waals surface area (Å²) in [7, 11) is 0. The summed E-state index contributed by atoms with van der Waals surface area (Å²) in [6, 6.07) is 10.5. The number of benzene rings is 1. The molecular weight excluding hydrogens is 180 g/mol. The fourth-order valence-corrected chi connectivity index (χ4v) is 1.60. The van der Waals surface area contributed by atoms with Gasteiger partial charge in [-0.15, -0.1) is 0 Å². The first-order chi connectivity index (χ1) is 7.29. The van der Waals surface area contributed by atoms with Crippen LogP contribution >= 0.6 is 0 Å². The minimum Gasteiger partial charge on any atom is -0.0991 e. The topological polar surface area (TPSA) is 0 Å². The summed E-state index contributed by atoms with van der Waals surface area (Å²) in [6.07, 6.45) is 8.05. The second kappa shape index (κ2) is 6.02. The zero-order chi connectivity index (χ0) is 11.1. The first-order valence-corrected chi connectivity index (χ1v) is 5.29. The lowest BCUT2D eigenvalue weighted by atomic mass is 9.92. The van der Waals surface area contributed by atoms with Crippen LogP contribution < -0.4 is 0 Å². The molecule has 0 aliphatic rings. The van der Waals surface area contributed by atoms with Crippen molar-refractivity contribution in [1.82, 2.24) is 0 Å². The molecular formula is C15H18. The van der Waals surface area contributed by atoms with E-state index in [9.17, 15) is 0 Å². The number of hydrogen-bond acceptors (Lipinski definition) is 0. The second-order valence-electron chi connectivity index (χ2n) is 3.52. The van der Waals surface area contributed by atoms with Gasteiger partial charge < -0.3 is 0 Å². The molecule has 0 saturated heterocycles. The van der Waals surface area contributed by atoms with Gasteiger partial charge in [-0.3, -0.25) is 0 Å². The van der Waals surface area contributed by atoms with Crippen LogP contribution in [0.4, 0.5) is 0 Å². The fourth-order valence-electron chi connectivity index (χ4n) is 1.60. The minimum absolute atomic E-state index is 0.437. The summed E-state index contributed by atoms with van der Waals surface area (Å²) in [4.78, 5) is 0. The molecule has 0 aliphatic carbocycles. The molecule has 0 aliphatic heterocycles. The van der Waals surface area contributed by atoms with Gasteiger partial charge in [0.1, 0.15) is 0 Å². The van der Waals surface area contributed by atoms with E-state index in [-0.39, 0.29) is 0 Å². The quantitative estimate of drug-likeness (QED) is 0.626. The lowest BCUT2D eigenvalue weighted by Gasteiger charge is -2.12. The van der Waals surface area contributed by atoms with Crippen LogP contribution in [0.3, 0.4) is 0 Å². The highest BCUT2D eigenvalue weighted by Crippen LogP contribution is 2.24. The molecule has 1 unspecified atom stereocenters. The molecule has 0 radical (unpaired) electrons. The van der Waals surface area contributed by atoms with Crippen LogP contribution in [-0.2, 0) is 0 Å². The van der Waals surface area contributed by atoms with Gasteiger partial charge in [-0.2, -0.15) is 0 Å². The van der Waals surface area contributed by atoms with Crippen LogP contribution in [0.1, 0.15) is 25.3 Å². The van der Waals surface area contributed by atoms with Gasteiger partial charge in [0.2, 0.25) is 0 Å². The normalized spacial score (nSPS) is 14.1. The second-order valence-corrected chi connectivity index (χ2v) is 3.52. The summed E-state index contributed by atoms with van der Waals surface area (Å²) in [5, 5.41) is 0. The zero-order valence-electron chi connectivity index (χ0n) is 9.48. The summed E-state index contributed by atoms with van der Waals surface area (Å²) >= 11 is 0. The average Bonchev–Trinajstić information content (AvgIpc) is 2.31. The molecule has 1 aromatic rings. The Hall–Kier alpha value is -1.56. The molecule has 0 bridgehead atoms. The molecule has 1 rings (SSSR count). The smallest absolute Gasteiger partial charge is 0.00577 e. The molecule has 1 aromatic carbocycles. The van der Waals surface area contributed by atoms with Crippen LogP contribution in [0.15, 0.2) is 66.8 Å². The van der Waals surface area contributed by atoms with E-state index in [1.165, 1.54) is 11.1 Å². The lowest BCUT2D eigenvalue weighted by molar-refractivity contribution is 0.918. The van der Waals surface area contributed by atoms with Crippen LogP contribution in [0.25, 0.3) is 0 Å². The van der Waals surface area contributed by atoms with E-state index < -0.39 is 0 Å². The standard InChI is InChI=1S/C15H18/c1-4-6-10-14(5-2)13(3)15-11-8-7-9-12-15/h4-13H,1H2,2-3H3. The third-order valence-corrected chi connectivity index (χ3v) is 2.56. The summed E-state index contributed by atoms with van der Waals surface area (Å²) in [6.45, 7) is 7.98. The predicted octanol–water partition coefficient (Wildman–Crippen LogP) is 4.48. The van der Waals surface area contributed by atoms with E-state index in [4.69, 9.17) is 0 Å². The highest BCUT2D eigenvalue weighted by atomic mass is 14.1. The van der Waals surface area contributed by atoms with Gasteiger partial charge in [0, 0.05) is 5.92 Å². The Morgan fingerprint density at radius 3 is 2.47 bits per heavy atom. The van der Waals surface area contributed by atoms with Gasteiger partial charge in [-0.05, 0) is 18.1 Å². The Bertz CT molecular complexity index is 355. The van der Waals surface area contributed by atoms with Crippen molar-refractivity contribution in [3.63, 3.8) is 0 Å². The van der Waals surface area contributed by atoms with Crippen molar-refractivity contribution in [3.05, 3.63) is 72.4 Å². The van der Waals surface area contributed by atoms with Crippen LogP contribution in [0, 0.1) is 0 Å². The van der Waals surface area contributed by atoms with Gasteiger partial charge in [0.05, 0.1) is 0 Å².